The molecule has 0 heterocycles. The van der Waals surface area contributed by atoms with Gasteiger partial charge in [-0.2, -0.15) is 0 Å². The molecule has 0 saturated carbocycles. The molecule has 86 valence electrons. The van der Waals surface area contributed by atoms with E-state index in [0.29, 0.717) is 12.0 Å². The maximum atomic E-state index is 5.79. The summed E-state index contributed by atoms with van der Waals surface area (Å²) in [7, 11) is 2.03. The van der Waals surface area contributed by atoms with Crippen LogP contribution in [0, 0.1) is 5.92 Å². The topological polar surface area (TPSA) is 21.3 Å². The van der Waals surface area contributed by atoms with E-state index in [0.717, 1.165) is 6.61 Å². The maximum Gasteiger partial charge on any atom is 0.0781 e. The molecule has 0 aromatic rings. The lowest BCUT2D eigenvalue weighted by molar-refractivity contribution is -0.0501. The molecule has 0 aliphatic rings. The third-order valence-corrected chi connectivity index (χ3v) is 2.89. The quantitative estimate of drug-likeness (QED) is 0.684. The molecule has 0 bridgehead atoms. The highest BCUT2D eigenvalue weighted by molar-refractivity contribution is 4.88. The van der Waals surface area contributed by atoms with Crippen LogP contribution in [0.5, 0.6) is 0 Å². The van der Waals surface area contributed by atoms with Crippen LogP contribution < -0.4 is 5.32 Å². The van der Waals surface area contributed by atoms with Gasteiger partial charge < -0.3 is 10.1 Å². The molecule has 0 aliphatic carbocycles. The second-order valence-electron chi connectivity index (χ2n) is 4.57. The van der Waals surface area contributed by atoms with Crippen LogP contribution in [0.2, 0.25) is 0 Å². The second kappa shape index (κ2) is 6.41. The molecule has 0 rings (SSSR count). The van der Waals surface area contributed by atoms with Crippen molar-refractivity contribution in [3.05, 3.63) is 0 Å². The second-order valence-corrected chi connectivity index (χ2v) is 4.57. The summed E-state index contributed by atoms with van der Waals surface area (Å²) in [6, 6.07) is 0.433. The molecule has 0 aromatic carbocycles. The Morgan fingerprint density at radius 1 is 1.29 bits per heavy atom. The number of ether oxygens (including phenoxy) is 1. The van der Waals surface area contributed by atoms with E-state index in [-0.39, 0.29) is 5.60 Å². The zero-order chi connectivity index (χ0) is 11.2. The minimum absolute atomic E-state index is 0.0713. The minimum Gasteiger partial charge on any atom is -0.374 e. The van der Waals surface area contributed by atoms with Gasteiger partial charge in [0.15, 0.2) is 0 Å². The van der Waals surface area contributed by atoms with Gasteiger partial charge in [0.05, 0.1) is 5.60 Å². The molecule has 0 fully saturated rings. The number of nitrogens with one attached hydrogen (secondary N) is 1. The number of rotatable bonds is 7. The number of hydrogen-bond acceptors (Lipinski definition) is 2. The fourth-order valence-corrected chi connectivity index (χ4v) is 2.40. The van der Waals surface area contributed by atoms with E-state index >= 15 is 0 Å². The van der Waals surface area contributed by atoms with Gasteiger partial charge in [0.25, 0.3) is 0 Å². The van der Waals surface area contributed by atoms with Crippen LogP contribution in [0.25, 0.3) is 0 Å². The van der Waals surface area contributed by atoms with Gasteiger partial charge in [-0.15, -0.1) is 0 Å². The van der Waals surface area contributed by atoms with Crippen LogP contribution >= 0.6 is 0 Å². The predicted octanol–water partition coefficient (Wildman–Crippen LogP) is 2.83. The Bertz CT molecular complexity index is 145. The van der Waals surface area contributed by atoms with E-state index in [1.54, 1.807) is 0 Å². The molecule has 14 heavy (non-hydrogen) atoms. The summed E-state index contributed by atoms with van der Waals surface area (Å²) in [5, 5.41) is 3.39. The van der Waals surface area contributed by atoms with Crippen LogP contribution in [0.4, 0.5) is 0 Å². The van der Waals surface area contributed by atoms with Crippen molar-refractivity contribution in [2.75, 3.05) is 13.7 Å². The lowest BCUT2D eigenvalue weighted by atomic mass is 9.85. The smallest absolute Gasteiger partial charge is 0.0781 e. The Labute approximate surface area is 89.4 Å². The van der Waals surface area contributed by atoms with Crippen molar-refractivity contribution in [3.63, 3.8) is 0 Å². The van der Waals surface area contributed by atoms with Crippen LogP contribution in [0.1, 0.15) is 47.5 Å². The van der Waals surface area contributed by atoms with E-state index in [2.05, 4.69) is 39.9 Å². The van der Waals surface area contributed by atoms with E-state index in [4.69, 9.17) is 4.74 Å². The molecule has 0 spiro atoms. The normalized spacial score (nSPS) is 16.7. The Balaban J connectivity index is 4.36. The summed E-state index contributed by atoms with van der Waals surface area (Å²) in [6.07, 6.45) is 2.49. The molecule has 0 amide bonds. The fourth-order valence-electron chi connectivity index (χ4n) is 2.40. The first-order valence-corrected chi connectivity index (χ1v) is 5.80. The first-order chi connectivity index (χ1) is 6.49. The van der Waals surface area contributed by atoms with Crippen LogP contribution in [0.15, 0.2) is 0 Å². The van der Waals surface area contributed by atoms with Gasteiger partial charge in [0.1, 0.15) is 0 Å². The van der Waals surface area contributed by atoms with Crippen molar-refractivity contribution >= 4 is 0 Å². The summed E-state index contributed by atoms with van der Waals surface area (Å²) < 4.78 is 5.79. The standard InChI is InChI=1S/C12H27NO/c1-7-9-10(3)11(13-6)12(4,5)14-8-2/h10-11,13H,7-9H2,1-6H3. The van der Waals surface area contributed by atoms with E-state index < -0.39 is 0 Å². The molecule has 2 unspecified atom stereocenters. The molecule has 1 N–H and O–H groups in total. The highest BCUT2D eigenvalue weighted by Gasteiger charge is 2.32. The Hall–Kier alpha value is -0.0800. The summed E-state index contributed by atoms with van der Waals surface area (Å²) in [5.41, 5.74) is -0.0713. The van der Waals surface area contributed by atoms with Gasteiger partial charge in [-0.3, -0.25) is 0 Å². The van der Waals surface area contributed by atoms with Gasteiger partial charge in [-0.1, -0.05) is 20.3 Å². The third kappa shape index (κ3) is 3.97. The van der Waals surface area contributed by atoms with Gasteiger partial charge in [0.2, 0.25) is 0 Å². The summed E-state index contributed by atoms with van der Waals surface area (Å²) in [6.45, 7) is 11.7. The average molecular weight is 201 g/mol. The molecule has 2 atom stereocenters. The summed E-state index contributed by atoms with van der Waals surface area (Å²) in [4.78, 5) is 0. The number of likely N-dealkylation sites (N-methyl/N-ethyl adjacent to an activating group) is 1. The lowest BCUT2D eigenvalue weighted by Gasteiger charge is -2.38. The molecular weight excluding hydrogens is 174 g/mol. The average Bonchev–Trinajstić information content (AvgIpc) is 2.04. The molecule has 0 aromatic heterocycles. The Morgan fingerprint density at radius 3 is 2.21 bits per heavy atom. The van der Waals surface area contributed by atoms with Gasteiger partial charge in [-0.05, 0) is 40.2 Å². The van der Waals surface area contributed by atoms with Crippen LogP contribution in [0.3, 0.4) is 0 Å². The first-order valence-electron chi connectivity index (χ1n) is 5.80. The minimum atomic E-state index is -0.0713. The van der Waals surface area contributed by atoms with E-state index in [1.807, 2.05) is 7.05 Å². The highest BCUT2D eigenvalue weighted by Crippen LogP contribution is 2.24. The Kier molecular flexibility index (Phi) is 6.38. The van der Waals surface area contributed by atoms with Crippen molar-refractivity contribution in [2.45, 2.75) is 59.1 Å². The van der Waals surface area contributed by atoms with Crippen molar-refractivity contribution < 1.29 is 4.74 Å². The largest absolute Gasteiger partial charge is 0.374 e. The molecule has 2 heteroatoms. The summed E-state index contributed by atoms with van der Waals surface area (Å²) in [5.74, 6) is 0.659. The van der Waals surface area contributed by atoms with Crippen molar-refractivity contribution in [1.29, 1.82) is 0 Å². The van der Waals surface area contributed by atoms with Crippen molar-refractivity contribution in [3.8, 4) is 0 Å². The van der Waals surface area contributed by atoms with Crippen molar-refractivity contribution in [2.24, 2.45) is 5.92 Å². The summed E-state index contributed by atoms with van der Waals surface area (Å²) >= 11 is 0. The number of hydrogen-bond donors (Lipinski definition) is 1. The third-order valence-electron chi connectivity index (χ3n) is 2.89. The fraction of sp³-hybridized carbons (Fsp3) is 1.00. The molecule has 2 nitrogen and oxygen atoms in total. The molecule has 0 aliphatic heterocycles. The van der Waals surface area contributed by atoms with Gasteiger partial charge in [-0.25, -0.2) is 0 Å². The van der Waals surface area contributed by atoms with Gasteiger partial charge >= 0.3 is 0 Å². The lowest BCUT2D eigenvalue weighted by Crippen LogP contribution is -2.51. The SMILES string of the molecule is CCCC(C)C(NC)C(C)(C)OCC. The van der Waals surface area contributed by atoms with Crippen LogP contribution in [-0.4, -0.2) is 25.3 Å². The van der Waals surface area contributed by atoms with Crippen LogP contribution in [-0.2, 0) is 4.74 Å². The predicted molar refractivity (Wildman–Crippen MR) is 62.6 cm³/mol. The zero-order valence-electron chi connectivity index (χ0n) is 10.7. The van der Waals surface area contributed by atoms with Gasteiger partial charge in [0, 0.05) is 12.6 Å². The Morgan fingerprint density at radius 2 is 1.86 bits per heavy atom. The highest BCUT2D eigenvalue weighted by atomic mass is 16.5. The molecular formula is C12H27NO. The molecule has 0 radical (unpaired) electrons. The zero-order valence-corrected chi connectivity index (χ0v) is 10.7. The van der Waals surface area contributed by atoms with Crippen molar-refractivity contribution in [1.82, 2.24) is 5.32 Å². The first kappa shape index (κ1) is 13.9. The van der Waals surface area contributed by atoms with E-state index in [1.165, 1.54) is 12.8 Å². The molecule has 0 saturated heterocycles. The maximum absolute atomic E-state index is 5.79. The monoisotopic (exact) mass is 201 g/mol. The van der Waals surface area contributed by atoms with E-state index in [9.17, 15) is 0 Å².